The molecule has 0 saturated carbocycles. The predicted molar refractivity (Wildman–Crippen MR) is 82.0 cm³/mol. The number of halogens is 3. The van der Waals surface area contributed by atoms with Crippen LogP contribution in [0.2, 0.25) is 5.02 Å². The van der Waals surface area contributed by atoms with Crippen molar-refractivity contribution in [3.05, 3.63) is 62.8 Å². The highest BCUT2D eigenvalue weighted by molar-refractivity contribution is 9.10. The average Bonchev–Trinajstić information content (AvgIpc) is 2.37. The Morgan fingerprint density at radius 1 is 1.14 bits per heavy atom. The van der Waals surface area contributed by atoms with Gasteiger partial charge in [0, 0.05) is 10.2 Å². The second-order valence-electron chi connectivity index (χ2n) is 4.14. The molecule has 0 unspecified atom stereocenters. The van der Waals surface area contributed by atoms with Crippen molar-refractivity contribution in [2.45, 2.75) is 0 Å². The van der Waals surface area contributed by atoms with Gasteiger partial charge in [-0.15, -0.1) is 0 Å². The number of anilines is 1. The van der Waals surface area contributed by atoms with Crippen LogP contribution in [-0.4, -0.2) is 11.8 Å². The van der Waals surface area contributed by atoms with Gasteiger partial charge in [0.15, 0.2) is 0 Å². The number of amides is 2. The number of nitrogens with two attached hydrogens (primary N) is 1. The minimum atomic E-state index is -0.654. The van der Waals surface area contributed by atoms with Crippen molar-refractivity contribution < 1.29 is 14.0 Å². The minimum Gasteiger partial charge on any atom is -0.366 e. The molecule has 108 valence electrons. The van der Waals surface area contributed by atoms with E-state index in [0.717, 1.165) is 0 Å². The average molecular weight is 372 g/mol. The van der Waals surface area contributed by atoms with Gasteiger partial charge in [-0.25, -0.2) is 4.39 Å². The standard InChI is InChI=1S/C14H9BrClFN2O2/c15-11-5-7(17)1-3-9(11)14(21)19-8-2-4-10(13(18)20)12(16)6-8/h1-6H,(H2,18,20)(H,19,21). The number of benzene rings is 2. The number of primary amides is 1. The first-order valence-corrected chi connectivity index (χ1v) is 6.91. The van der Waals surface area contributed by atoms with Crippen LogP contribution in [0.4, 0.5) is 10.1 Å². The number of carbonyl (C=O) groups is 2. The molecule has 7 heteroatoms. The highest BCUT2D eigenvalue weighted by atomic mass is 79.9. The van der Waals surface area contributed by atoms with Crippen LogP contribution < -0.4 is 11.1 Å². The zero-order valence-electron chi connectivity index (χ0n) is 10.5. The van der Waals surface area contributed by atoms with Gasteiger partial charge in [0.1, 0.15) is 5.82 Å². The van der Waals surface area contributed by atoms with Crippen molar-refractivity contribution in [1.29, 1.82) is 0 Å². The molecule has 0 aromatic heterocycles. The van der Waals surface area contributed by atoms with Gasteiger partial charge in [0.25, 0.3) is 5.91 Å². The molecule has 4 nitrogen and oxygen atoms in total. The molecule has 0 fully saturated rings. The first-order valence-electron chi connectivity index (χ1n) is 5.74. The number of nitrogens with one attached hydrogen (secondary N) is 1. The monoisotopic (exact) mass is 370 g/mol. The van der Waals surface area contributed by atoms with Crippen LogP contribution in [-0.2, 0) is 0 Å². The molecule has 0 aliphatic rings. The Hall–Kier alpha value is -1.92. The molecule has 0 heterocycles. The summed E-state index contributed by atoms with van der Waals surface area (Å²) < 4.78 is 13.3. The van der Waals surface area contributed by atoms with Crippen LogP contribution in [0.15, 0.2) is 40.9 Å². The van der Waals surface area contributed by atoms with Crippen molar-refractivity contribution in [2.24, 2.45) is 5.73 Å². The largest absolute Gasteiger partial charge is 0.366 e. The van der Waals surface area contributed by atoms with Gasteiger partial charge in [-0.1, -0.05) is 11.6 Å². The van der Waals surface area contributed by atoms with E-state index in [2.05, 4.69) is 21.2 Å². The molecule has 3 N–H and O–H groups in total. The van der Waals surface area contributed by atoms with Gasteiger partial charge >= 0.3 is 0 Å². The second kappa shape index (κ2) is 6.24. The van der Waals surface area contributed by atoms with Gasteiger partial charge in [0.05, 0.1) is 16.1 Å². The fourth-order valence-electron chi connectivity index (χ4n) is 1.66. The molecule has 0 saturated heterocycles. The first-order chi connectivity index (χ1) is 9.88. The lowest BCUT2D eigenvalue weighted by Gasteiger charge is -2.08. The maximum Gasteiger partial charge on any atom is 0.256 e. The molecule has 2 aromatic rings. The Balaban J connectivity index is 2.23. The fourth-order valence-corrected chi connectivity index (χ4v) is 2.47. The third-order valence-corrected chi connectivity index (χ3v) is 3.64. The summed E-state index contributed by atoms with van der Waals surface area (Å²) >= 11 is 9.01. The summed E-state index contributed by atoms with van der Waals surface area (Å²) in [6.45, 7) is 0. The molecular weight excluding hydrogens is 363 g/mol. The summed E-state index contributed by atoms with van der Waals surface area (Å²) in [5.74, 6) is -1.55. The lowest BCUT2D eigenvalue weighted by molar-refractivity contribution is 0.0998. The van der Waals surface area contributed by atoms with Crippen LogP contribution in [0.25, 0.3) is 0 Å². The van der Waals surface area contributed by atoms with E-state index in [-0.39, 0.29) is 16.1 Å². The third-order valence-electron chi connectivity index (χ3n) is 2.67. The zero-order valence-corrected chi connectivity index (χ0v) is 12.8. The molecule has 0 radical (unpaired) electrons. The van der Waals surface area contributed by atoms with Crippen molar-refractivity contribution in [1.82, 2.24) is 0 Å². The maximum absolute atomic E-state index is 13.0. The quantitative estimate of drug-likeness (QED) is 0.865. The van der Waals surface area contributed by atoms with E-state index < -0.39 is 17.6 Å². The molecule has 2 aromatic carbocycles. The van der Waals surface area contributed by atoms with Gasteiger partial charge in [-0.3, -0.25) is 9.59 Å². The Labute approximate surface area is 133 Å². The summed E-state index contributed by atoms with van der Waals surface area (Å²) in [4.78, 5) is 23.1. The zero-order chi connectivity index (χ0) is 15.6. The van der Waals surface area contributed by atoms with Gasteiger partial charge < -0.3 is 11.1 Å². The summed E-state index contributed by atoms with van der Waals surface area (Å²) in [6, 6.07) is 8.06. The Bertz CT molecular complexity index is 737. The van der Waals surface area contributed by atoms with E-state index in [4.69, 9.17) is 17.3 Å². The van der Waals surface area contributed by atoms with E-state index in [0.29, 0.717) is 10.2 Å². The number of rotatable bonds is 3. The lowest BCUT2D eigenvalue weighted by atomic mass is 10.1. The van der Waals surface area contributed by atoms with Crippen molar-refractivity contribution >= 4 is 45.0 Å². The summed E-state index contributed by atoms with van der Waals surface area (Å²) in [5.41, 5.74) is 5.97. The normalized spacial score (nSPS) is 10.2. The molecular formula is C14H9BrClFN2O2. The first kappa shape index (κ1) is 15.5. The highest BCUT2D eigenvalue weighted by Gasteiger charge is 2.13. The smallest absolute Gasteiger partial charge is 0.256 e. The minimum absolute atomic E-state index is 0.137. The van der Waals surface area contributed by atoms with Crippen molar-refractivity contribution in [3.63, 3.8) is 0 Å². The Kier molecular flexibility index (Phi) is 4.59. The molecule has 0 aliphatic heterocycles. The SMILES string of the molecule is NC(=O)c1ccc(NC(=O)c2ccc(F)cc2Br)cc1Cl. The summed E-state index contributed by atoms with van der Waals surface area (Å²) in [5, 5.41) is 2.74. The van der Waals surface area contributed by atoms with Crippen molar-refractivity contribution in [3.8, 4) is 0 Å². The highest BCUT2D eigenvalue weighted by Crippen LogP contribution is 2.23. The number of hydrogen-bond donors (Lipinski definition) is 2. The summed E-state index contributed by atoms with van der Waals surface area (Å²) in [7, 11) is 0. The molecule has 0 spiro atoms. The summed E-state index contributed by atoms with van der Waals surface area (Å²) in [6.07, 6.45) is 0. The van der Waals surface area contributed by atoms with E-state index >= 15 is 0 Å². The van der Waals surface area contributed by atoms with E-state index in [1.807, 2.05) is 0 Å². The van der Waals surface area contributed by atoms with Gasteiger partial charge in [-0.2, -0.15) is 0 Å². The van der Waals surface area contributed by atoms with E-state index in [1.165, 1.54) is 36.4 Å². The van der Waals surface area contributed by atoms with Crippen LogP contribution in [0.3, 0.4) is 0 Å². The van der Waals surface area contributed by atoms with Gasteiger partial charge in [0.2, 0.25) is 5.91 Å². The topological polar surface area (TPSA) is 72.2 Å². The molecule has 0 atom stereocenters. The molecule has 0 bridgehead atoms. The van der Waals surface area contributed by atoms with Crippen LogP contribution >= 0.6 is 27.5 Å². The van der Waals surface area contributed by atoms with E-state index in [1.54, 1.807) is 0 Å². The lowest BCUT2D eigenvalue weighted by Crippen LogP contribution is -2.14. The van der Waals surface area contributed by atoms with Crippen molar-refractivity contribution in [2.75, 3.05) is 5.32 Å². The van der Waals surface area contributed by atoms with Crippen LogP contribution in [0, 0.1) is 5.82 Å². The Morgan fingerprint density at radius 3 is 2.38 bits per heavy atom. The second-order valence-corrected chi connectivity index (χ2v) is 5.40. The fraction of sp³-hybridized carbons (Fsp3) is 0. The number of hydrogen-bond acceptors (Lipinski definition) is 2. The molecule has 2 rings (SSSR count). The Morgan fingerprint density at radius 2 is 1.81 bits per heavy atom. The van der Waals surface area contributed by atoms with Gasteiger partial charge in [-0.05, 0) is 52.3 Å². The molecule has 2 amide bonds. The predicted octanol–water partition coefficient (Wildman–Crippen LogP) is 3.59. The van der Waals surface area contributed by atoms with E-state index in [9.17, 15) is 14.0 Å². The maximum atomic E-state index is 13.0. The molecule has 0 aliphatic carbocycles. The van der Waals surface area contributed by atoms with Crippen LogP contribution in [0.1, 0.15) is 20.7 Å². The third kappa shape index (κ3) is 3.59. The van der Waals surface area contributed by atoms with Crippen LogP contribution in [0.5, 0.6) is 0 Å². The number of carbonyl (C=O) groups excluding carboxylic acids is 2. The molecule has 21 heavy (non-hydrogen) atoms.